The van der Waals surface area contributed by atoms with Crippen LogP contribution in [0.1, 0.15) is 131 Å². The zero-order valence-electron chi connectivity index (χ0n) is 57.6. The third-order valence-electron chi connectivity index (χ3n) is 16.3. The van der Waals surface area contributed by atoms with Crippen LogP contribution in [0.2, 0.25) is 0 Å². The van der Waals surface area contributed by atoms with E-state index in [0.717, 1.165) is 13.1 Å². The van der Waals surface area contributed by atoms with Crippen molar-refractivity contribution in [2.45, 2.75) is 32.2 Å². The van der Waals surface area contributed by atoms with Gasteiger partial charge in [0.05, 0.1) is 79.7 Å². The number of aromatic nitrogens is 10. The predicted octanol–water partition coefficient (Wildman–Crippen LogP) is 1.09. The van der Waals surface area contributed by atoms with Crippen LogP contribution < -0.4 is 63.4 Å². The molecule has 0 fully saturated rings. The van der Waals surface area contributed by atoms with Crippen LogP contribution in [-0.2, 0) is 66.0 Å². The molecule has 11 amide bonds. The minimum absolute atomic E-state index is 0.00941. The first kappa shape index (κ1) is 73.3. The van der Waals surface area contributed by atoms with Gasteiger partial charge in [-0.3, -0.25) is 53.3 Å². The number of amides is 11. The number of aryl methyl sites for hydroxylation is 8. The van der Waals surface area contributed by atoms with Crippen LogP contribution in [0.5, 0.6) is 0 Å². The molecule has 8 aromatic heterocycles. The fourth-order valence-electron chi connectivity index (χ4n) is 11.2. The van der Waals surface area contributed by atoms with Gasteiger partial charge in [-0.25, -0.2) is 19.6 Å². The topological polar surface area (TPSA) is 432 Å². The maximum Gasteiger partial charge on any atom is 0.335 e. The maximum atomic E-state index is 13.6. The lowest BCUT2D eigenvalue weighted by Gasteiger charge is -2.14. The van der Waals surface area contributed by atoms with Gasteiger partial charge in [0.1, 0.15) is 40.2 Å². The first-order valence-corrected chi connectivity index (χ1v) is 32.0. The van der Waals surface area contributed by atoms with Crippen LogP contribution in [0.4, 0.5) is 39.9 Å². The Morgan fingerprint density at radius 1 is 0.451 bits per heavy atom. The summed E-state index contributed by atoms with van der Waals surface area (Å²) >= 11 is 0. The lowest BCUT2D eigenvalue weighted by Crippen LogP contribution is -3.09. The lowest BCUT2D eigenvalue weighted by atomic mass is 10.1. The number of carboxylic acids is 1. The first-order valence-electron chi connectivity index (χ1n) is 32.0. The highest BCUT2D eigenvalue weighted by Gasteiger charge is 2.27. The molecule has 534 valence electrons. The van der Waals surface area contributed by atoms with Gasteiger partial charge >= 0.3 is 11.9 Å². The van der Waals surface area contributed by atoms with Crippen molar-refractivity contribution in [3.05, 3.63) is 173 Å². The number of anilines is 7. The van der Waals surface area contributed by atoms with E-state index in [1.807, 2.05) is 7.05 Å². The lowest BCUT2D eigenvalue weighted by molar-refractivity contribution is -0.879. The number of nitrogens with two attached hydrogens (primary N) is 1. The number of benzene rings is 1. The molecule has 8 heterocycles. The van der Waals surface area contributed by atoms with E-state index >= 15 is 0 Å². The SMILES string of the molecule is CC(=O)[NH2+][C@@H](CNC(=O)c1cc(NC(=O)c2cc(NC(=O)c3cc(NC(=O)c4nccn4C)cn3C)cn2C)cn1C)CC(=O)Nc1cn(C)c(C(=O)Nc2cc(C(=O)Nc3cc(C(=O)Nc4cc(C(=O)NCCC[NH+](C)CCCNC(=O)c5cccc(C(=O)O)c5)n(C)c4)n(C)c3)n(C)c2)n1. The van der Waals surface area contributed by atoms with Crippen molar-refractivity contribution in [2.24, 2.45) is 56.4 Å². The molecule has 0 aliphatic heterocycles. The minimum Gasteiger partial charge on any atom is -0.478 e. The molecule has 0 spiro atoms. The molecule has 2 atom stereocenters. The van der Waals surface area contributed by atoms with Gasteiger partial charge in [-0.2, -0.15) is 0 Å². The Labute approximate surface area is 583 Å². The van der Waals surface area contributed by atoms with Crippen molar-refractivity contribution in [1.29, 1.82) is 0 Å². The first-order chi connectivity index (χ1) is 48.5. The number of quaternary nitrogens is 2. The summed E-state index contributed by atoms with van der Waals surface area (Å²) in [6, 6.07) is 13.9. The number of nitrogens with zero attached hydrogens (tertiary/aromatic N) is 10. The van der Waals surface area contributed by atoms with Gasteiger partial charge in [0.15, 0.2) is 11.6 Å². The fourth-order valence-corrected chi connectivity index (χ4v) is 11.2. The Kier molecular flexibility index (Phi) is 23.1. The van der Waals surface area contributed by atoms with E-state index < -0.39 is 59.3 Å². The molecule has 9 rings (SSSR count). The molecule has 1 aromatic carbocycles. The largest absolute Gasteiger partial charge is 0.478 e. The van der Waals surface area contributed by atoms with Crippen molar-refractivity contribution in [1.82, 2.24) is 62.5 Å². The third kappa shape index (κ3) is 18.6. The summed E-state index contributed by atoms with van der Waals surface area (Å²) in [5.74, 6) is -6.51. The summed E-state index contributed by atoms with van der Waals surface area (Å²) in [6.07, 6.45) is 14.9. The van der Waals surface area contributed by atoms with Gasteiger partial charge in [0, 0.05) is 144 Å². The number of imidazole rings is 2. The Morgan fingerprint density at radius 3 is 1.24 bits per heavy atom. The number of hydrogen-bond donors (Lipinski definition) is 13. The van der Waals surface area contributed by atoms with Gasteiger partial charge in [-0.05, 0) is 54.6 Å². The van der Waals surface area contributed by atoms with E-state index in [2.05, 4.69) is 63.1 Å². The van der Waals surface area contributed by atoms with Crippen LogP contribution in [0.25, 0.3) is 0 Å². The normalized spacial score (nSPS) is 11.6. The van der Waals surface area contributed by atoms with E-state index in [4.69, 9.17) is 0 Å². The number of carbonyl (C=O) groups excluding carboxylic acids is 11. The molecule has 9 aromatic rings. The van der Waals surface area contributed by atoms with E-state index in [1.54, 1.807) is 102 Å². The second-order valence-corrected chi connectivity index (χ2v) is 24.6. The predicted molar refractivity (Wildman–Crippen MR) is 373 cm³/mol. The number of carbonyl (C=O) groups is 12. The van der Waals surface area contributed by atoms with Gasteiger partial charge in [0.2, 0.25) is 11.7 Å². The second kappa shape index (κ2) is 32.2. The third-order valence-corrected chi connectivity index (χ3v) is 16.3. The molecule has 35 nitrogen and oxygen atoms in total. The van der Waals surface area contributed by atoms with Crippen LogP contribution in [0, 0.1) is 0 Å². The van der Waals surface area contributed by atoms with Crippen molar-refractivity contribution in [2.75, 3.05) is 77.0 Å². The molecule has 1 unspecified atom stereocenters. The van der Waals surface area contributed by atoms with Crippen LogP contribution in [0.15, 0.2) is 116 Å². The summed E-state index contributed by atoms with van der Waals surface area (Å²) in [5, 5.41) is 38.1. The van der Waals surface area contributed by atoms with E-state index in [1.165, 1.54) is 125 Å². The summed E-state index contributed by atoms with van der Waals surface area (Å²) in [5.41, 5.74) is 3.31. The molecule has 0 saturated heterocycles. The smallest absolute Gasteiger partial charge is 0.335 e. The molecule has 0 radical (unpaired) electrons. The van der Waals surface area contributed by atoms with E-state index in [-0.39, 0.29) is 105 Å². The van der Waals surface area contributed by atoms with Gasteiger partial charge in [0.25, 0.3) is 53.2 Å². The fraction of sp³-hybridized carbons (Fsp3) is 0.284. The highest BCUT2D eigenvalue weighted by molar-refractivity contribution is 6.10. The Hall–Kier alpha value is -12.9. The highest BCUT2D eigenvalue weighted by atomic mass is 16.4. The number of aromatic carboxylic acids is 1. The Balaban J connectivity index is 0.696. The molecule has 0 bridgehead atoms. The summed E-state index contributed by atoms with van der Waals surface area (Å²) in [6.45, 7) is 3.47. The average molecular weight is 1400 g/mol. The Morgan fingerprint density at radius 2 is 0.833 bits per heavy atom. The zero-order chi connectivity index (χ0) is 73.8. The van der Waals surface area contributed by atoms with Crippen LogP contribution in [0.3, 0.4) is 0 Å². The minimum atomic E-state index is -1.11. The molecule has 0 aliphatic rings. The quantitative estimate of drug-likeness (QED) is 0.0280. The zero-order valence-corrected chi connectivity index (χ0v) is 57.6. The monoisotopic (exact) mass is 1400 g/mol. The summed E-state index contributed by atoms with van der Waals surface area (Å²) < 4.78 is 12.1. The molecule has 14 N–H and O–H groups in total. The maximum absolute atomic E-state index is 13.6. The van der Waals surface area contributed by atoms with Crippen molar-refractivity contribution < 1.29 is 72.9 Å². The number of rotatable bonds is 30. The van der Waals surface area contributed by atoms with Crippen LogP contribution in [-0.4, -0.2) is 168 Å². The number of carboxylic acid groups (broad SMARTS) is 1. The van der Waals surface area contributed by atoms with Crippen molar-refractivity contribution >= 4 is 111 Å². The molecule has 0 saturated carbocycles. The number of nitrogens with one attached hydrogen (secondary N) is 11. The van der Waals surface area contributed by atoms with Crippen molar-refractivity contribution in [3.63, 3.8) is 0 Å². The van der Waals surface area contributed by atoms with Gasteiger partial charge in [-0.15, -0.1) is 0 Å². The Bertz CT molecular complexity index is 4740. The van der Waals surface area contributed by atoms with Crippen molar-refractivity contribution in [3.8, 4) is 0 Å². The van der Waals surface area contributed by atoms with Crippen LogP contribution >= 0.6 is 0 Å². The standard InChI is InChI=1S/C67H78N22O13/c1-38(90)72-41(30-71-60(94)49-24-43(32-84(49)5)74-62(96)51-26-44(33-86(51)7)75-63(97)52-27-46(35-87(52)8)77-65(99)56-68-18-21-82(56)3)29-55(91)79-54-37-89(10)57(80-54)66(100)78-47-28-53(88(9)36-47)64(98)76-45-25-50(85(6)34-45)61(95)73-42-23-48(83(4)31-42)59(93)70-17-13-20-81(2)19-12-16-69-58(92)39-14-11-15-40(22-39)67(101)102/h11,14-15,18,21-28,31-37,41H,12-13,16-17,19-20,29-30H2,1-10H3,(H,69,92)(H,70,93)(H,71,94)(H,72,90)(H,73,95)(H,74,96)(H,75,97)(H,76,98)(H,77,99)(H,78,100)(H,79,91)(H,101,102)/p+2/t41-/m1/s1. The van der Waals surface area contributed by atoms with E-state index in [0.29, 0.717) is 48.7 Å². The molecular weight excluding hydrogens is 1320 g/mol. The van der Waals surface area contributed by atoms with E-state index in [9.17, 15) is 62.6 Å². The number of primary amides is 1. The molecular formula is C67H80N22O13+2. The number of hydrogen-bond acceptors (Lipinski definition) is 14. The molecule has 35 heteroatoms. The molecule has 0 aliphatic carbocycles. The second-order valence-electron chi connectivity index (χ2n) is 24.6. The average Bonchev–Trinajstić information content (AvgIpc) is 1.68. The highest BCUT2D eigenvalue weighted by Crippen LogP contribution is 2.23. The van der Waals surface area contributed by atoms with Gasteiger partial charge < -0.3 is 99.7 Å². The van der Waals surface area contributed by atoms with Gasteiger partial charge in [-0.1, -0.05) is 6.07 Å². The summed E-state index contributed by atoms with van der Waals surface area (Å²) in [7, 11) is 15.0. The molecule has 102 heavy (non-hydrogen) atoms. The summed E-state index contributed by atoms with van der Waals surface area (Å²) in [4.78, 5) is 166.